The number of rotatable bonds is 5. The number of fused-ring (bicyclic) bond motifs is 4. The van der Waals surface area contributed by atoms with Crippen LogP contribution in [-0.4, -0.2) is 9.13 Å². The molecule has 0 aliphatic rings. The largest absolute Gasteiger partial charge is 0.309 e. The van der Waals surface area contributed by atoms with E-state index in [0.717, 1.165) is 77.6 Å². The Bertz CT molecular complexity index is 2820. The Kier molecular flexibility index (Phi) is 7.34. The third-order valence-electron chi connectivity index (χ3n) is 9.55. The first kappa shape index (κ1) is 30.2. The van der Waals surface area contributed by atoms with Crippen LogP contribution in [0.5, 0.6) is 0 Å². The Hall–Kier alpha value is -7.13. The van der Waals surface area contributed by atoms with E-state index in [4.69, 9.17) is 0 Å². The lowest BCUT2D eigenvalue weighted by atomic mass is 9.94. The van der Waals surface area contributed by atoms with E-state index in [1.807, 2.05) is 85.8 Å². The highest BCUT2D eigenvalue weighted by Crippen LogP contribution is 2.39. The van der Waals surface area contributed by atoms with Crippen LogP contribution in [0.3, 0.4) is 0 Å². The van der Waals surface area contributed by atoms with Gasteiger partial charge in [0.1, 0.15) is 6.07 Å². The Morgan fingerprint density at radius 3 is 1.86 bits per heavy atom. The highest BCUT2D eigenvalue weighted by molar-refractivity contribution is 6.10. The summed E-state index contributed by atoms with van der Waals surface area (Å²) in [6.07, 6.45) is 4.16. The molecule has 8 rings (SSSR count). The predicted octanol–water partition coefficient (Wildman–Crippen LogP) is 11.0. The molecule has 50 heavy (non-hydrogen) atoms. The minimum Gasteiger partial charge on any atom is -0.309 e. The summed E-state index contributed by atoms with van der Waals surface area (Å²) in [6, 6.07) is 49.5. The standard InChI is InChI=1S/C45H29N5/c1-3-10-40-29(2)37-23-30(26-46)19-21-44(37)49(40)41-16-6-4-13-35(41)33-12-8-11-32(25-33)34-15-9-18-43(39(34)28-48)50-42-17-7-5-14-36(42)38-24-31(27-47)20-22-45(38)50/h3-25H,1-2H3/b10-3-. The smallest absolute Gasteiger partial charge is 0.102 e. The summed E-state index contributed by atoms with van der Waals surface area (Å²) < 4.78 is 4.40. The van der Waals surface area contributed by atoms with Crippen LogP contribution in [0.2, 0.25) is 0 Å². The summed E-state index contributed by atoms with van der Waals surface area (Å²) in [5.41, 5.74) is 12.6. The minimum atomic E-state index is 0.570. The monoisotopic (exact) mass is 639 g/mol. The summed E-state index contributed by atoms with van der Waals surface area (Å²) in [5, 5.41) is 33.0. The third-order valence-corrected chi connectivity index (χ3v) is 9.55. The Morgan fingerprint density at radius 1 is 0.520 bits per heavy atom. The van der Waals surface area contributed by atoms with Crippen molar-refractivity contribution < 1.29 is 0 Å². The zero-order chi connectivity index (χ0) is 34.4. The molecule has 0 spiro atoms. The molecule has 8 aromatic rings. The van der Waals surface area contributed by atoms with Crippen LogP contribution in [0.1, 0.15) is 34.9 Å². The topological polar surface area (TPSA) is 81.2 Å². The van der Waals surface area contributed by atoms with Crippen LogP contribution in [0.25, 0.3) is 72.4 Å². The number of para-hydroxylation sites is 2. The summed E-state index contributed by atoms with van der Waals surface area (Å²) >= 11 is 0. The molecule has 5 nitrogen and oxygen atoms in total. The minimum absolute atomic E-state index is 0.570. The first-order chi connectivity index (χ1) is 24.6. The van der Waals surface area contributed by atoms with Gasteiger partial charge in [0.25, 0.3) is 0 Å². The van der Waals surface area contributed by atoms with Crippen LogP contribution in [0.15, 0.2) is 133 Å². The average Bonchev–Trinajstić information content (AvgIpc) is 3.64. The first-order valence-electron chi connectivity index (χ1n) is 16.4. The van der Waals surface area contributed by atoms with Gasteiger partial charge in [0, 0.05) is 33.0 Å². The molecule has 0 saturated heterocycles. The molecule has 5 heteroatoms. The summed E-state index contributed by atoms with van der Waals surface area (Å²) in [5.74, 6) is 0. The lowest BCUT2D eigenvalue weighted by Gasteiger charge is -2.17. The first-order valence-corrected chi connectivity index (χ1v) is 16.4. The van der Waals surface area contributed by atoms with Gasteiger partial charge in [0.05, 0.1) is 56.8 Å². The highest BCUT2D eigenvalue weighted by Gasteiger charge is 2.20. The zero-order valence-electron chi connectivity index (χ0n) is 27.5. The van der Waals surface area contributed by atoms with Crippen molar-refractivity contribution in [1.29, 1.82) is 15.8 Å². The molecule has 0 radical (unpaired) electrons. The molecular weight excluding hydrogens is 611 g/mol. The van der Waals surface area contributed by atoms with Crippen LogP contribution < -0.4 is 0 Å². The van der Waals surface area contributed by atoms with Gasteiger partial charge >= 0.3 is 0 Å². The lowest BCUT2D eigenvalue weighted by Crippen LogP contribution is -2.01. The van der Waals surface area contributed by atoms with Crippen molar-refractivity contribution in [3.63, 3.8) is 0 Å². The number of hydrogen-bond acceptors (Lipinski definition) is 3. The predicted molar refractivity (Wildman–Crippen MR) is 202 cm³/mol. The van der Waals surface area contributed by atoms with E-state index in [0.29, 0.717) is 16.7 Å². The molecule has 0 unspecified atom stereocenters. The Labute approximate surface area is 290 Å². The molecule has 234 valence electrons. The van der Waals surface area contributed by atoms with Crippen LogP contribution >= 0.6 is 0 Å². The summed E-state index contributed by atoms with van der Waals surface area (Å²) in [6.45, 7) is 4.12. The summed E-state index contributed by atoms with van der Waals surface area (Å²) in [4.78, 5) is 0. The molecular formula is C45H29N5. The maximum absolute atomic E-state index is 10.7. The quantitative estimate of drug-likeness (QED) is 0.188. The van der Waals surface area contributed by atoms with Crippen LogP contribution in [0.4, 0.5) is 0 Å². The van der Waals surface area contributed by atoms with Gasteiger partial charge in [-0.05, 0) is 97.3 Å². The van der Waals surface area contributed by atoms with E-state index in [1.54, 1.807) is 0 Å². The number of allylic oxidation sites excluding steroid dienone is 1. The second kappa shape index (κ2) is 12.1. The van der Waals surface area contributed by atoms with Gasteiger partial charge in [-0.25, -0.2) is 0 Å². The van der Waals surface area contributed by atoms with Crippen molar-refractivity contribution in [3.8, 4) is 51.8 Å². The molecule has 0 amide bonds. The fraction of sp³-hybridized carbons (Fsp3) is 0.0444. The summed E-state index contributed by atoms with van der Waals surface area (Å²) in [7, 11) is 0. The van der Waals surface area contributed by atoms with Gasteiger partial charge < -0.3 is 9.13 Å². The fourth-order valence-electron chi connectivity index (χ4n) is 7.31. The normalized spacial score (nSPS) is 11.3. The van der Waals surface area contributed by atoms with Crippen LogP contribution in [0, 0.1) is 40.9 Å². The maximum atomic E-state index is 10.7. The molecule has 0 fully saturated rings. The third kappa shape index (κ3) is 4.68. The SMILES string of the molecule is C/C=C\c1c(C)c2cc(C#N)ccc2n1-c1ccccc1-c1cccc(-c2cccc(-n3c4ccccc4c4cc(C#N)ccc43)c2C#N)c1. The second-order valence-electron chi connectivity index (χ2n) is 12.3. The molecule has 6 aromatic carbocycles. The molecule has 0 N–H and O–H groups in total. The van der Waals surface area contributed by atoms with E-state index < -0.39 is 0 Å². The van der Waals surface area contributed by atoms with Gasteiger partial charge in [-0.3, -0.25) is 0 Å². The van der Waals surface area contributed by atoms with Crippen molar-refractivity contribution in [2.45, 2.75) is 13.8 Å². The van der Waals surface area contributed by atoms with Crippen LogP contribution in [-0.2, 0) is 0 Å². The van der Waals surface area contributed by atoms with E-state index in [2.05, 4.69) is 94.9 Å². The number of benzene rings is 6. The Morgan fingerprint density at radius 2 is 1.12 bits per heavy atom. The number of aryl methyl sites for hydroxylation is 1. The van der Waals surface area contributed by atoms with Gasteiger partial charge in [-0.15, -0.1) is 0 Å². The fourth-order valence-corrected chi connectivity index (χ4v) is 7.31. The van der Waals surface area contributed by atoms with Gasteiger partial charge in [0.15, 0.2) is 0 Å². The number of hydrogen-bond donors (Lipinski definition) is 0. The maximum Gasteiger partial charge on any atom is 0.102 e. The lowest BCUT2D eigenvalue weighted by molar-refractivity contribution is 1.10. The number of nitriles is 3. The molecule has 0 atom stereocenters. The Balaban J connectivity index is 1.32. The molecule has 0 bridgehead atoms. The molecule has 0 saturated carbocycles. The number of aromatic nitrogens is 2. The average molecular weight is 640 g/mol. The number of nitrogens with zero attached hydrogens (tertiary/aromatic N) is 5. The highest BCUT2D eigenvalue weighted by atomic mass is 15.0. The van der Waals surface area contributed by atoms with Gasteiger partial charge in [0.2, 0.25) is 0 Å². The van der Waals surface area contributed by atoms with Crippen molar-refractivity contribution in [2.75, 3.05) is 0 Å². The van der Waals surface area contributed by atoms with Gasteiger partial charge in [-0.2, -0.15) is 15.8 Å². The van der Waals surface area contributed by atoms with Crippen molar-refractivity contribution in [3.05, 3.63) is 161 Å². The van der Waals surface area contributed by atoms with E-state index in [9.17, 15) is 15.8 Å². The van der Waals surface area contributed by atoms with E-state index >= 15 is 0 Å². The van der Waals surface area contributed by atoms with E-state index in [1.165, 1.54) is 0 Å². The van der Waals surface area contributed by atoms with Crippen molar-refractivity contribution >= 4 is 38.8 Å². The van der Waals surface area contributed by atoms with Gasteiger partial charge in [-0.1, -0.05) is 72.8 Å². The molecule has 2 aromatic heterocycles. The van der Waals surface area contributed by atoms with Crippen molar-refractivity contribution in [1.82, 2.24) is 9.13 Å². The second-order valence-corrected chi connectivity index (χ2v) is 12.3. The molecule has 0 aliphatic heterocycles. The molecule has 2 heterocycles. The van der Waals surface area contributed by atoms with E-state index in [-0.39, 0.29) is 0 Å². The van der Waals surface area contributed by atoms with Crippen molar-refractivity contribution in [2.24, 2.45) is 0 Å². The molecule has 0 aliphatic carbocycles. The zero-order valence-corrected chi connectivity index (χ0v) is 27.5.